The van der Waals surface area contributed by atoms with Gasteiger partial charge >= 0.3 is 0 Å². The predicted molar refractivity (Wildman–Crippen MR) is 105 cm³/mol. The van der Waals surface area contributed by atoms with Gasteiger partial charge in [0, 0.05) is 24.7 Å². The van der Waals surface area contributed by atoms with Crippen LogP contribution in [0.25, 0.3) is 11.3 Å². The maximum atomic E-state index is 12.9. The Bertz CT molecular complexity index is 1060. The summed E-state index contributed by atoms with van der Waals surface area (Å²) in [6, 6.07) is 20.2. The van der Waals surface area contributed by atoms with Crippen molar-refractivity contribution in [1.82, 2.24) is 10.1 Å². The van der Waals surface area contributed by atoms with E-state index in [0.717, 1.165) is 11.1 Å². The minimum Gasteiger partial charge on any atom is -0.355 e. The molecule has 144 valence electrons. The van der Waals surface area contributed by atoms with Crippen LogP contribution in [0.3, 0.4) is 0 Å². The van der Waals surface area contributed by atoms with E-state index in [0.29, 0.717) is 18.7 Å². The molecule has 6 nitrogen and oxygen atoms in total. The fraction of sp³-hybridized carbons (Fsp3) is 0.238. The molecule has 1 atom stereocenters. The molecule has 0 saturated carbocycles. The highest BCUT2D eigenvalue weighted by molar-refractivity contribution is 7.91. The molecule has 0 bridgehead atoms. The molecule has 0 radical (unpaired) electrons. The van der Waals surface area contributed by atoms with Crippen molar-refractivity contribution in [2.45, 2.75) is 11.7 Å². The number of carbonyl (C=O) groups is 1. The Morgan fingerprint density at radius 1 is 1.00 bits per heavy atom. The van der Waals surface area contributed by atoms with E-state index in [-0.39, 0.29) is 23.9 Å². The maximum Gasteiger partial charge on any atom is 0.276 e. The van der Waals surface area contributed by atoms with Gasteiger partial charge in [-0.1, -0.05) is 65.8 Å². The molecular formula is C21H20N2O4S. The van der Waals surface area contributed by atoms with Gasteiger partial charge in [-0.25, -0.2) is 8.42 Å². The van der Waals surface area contributed by atoms with Gasteiger partial charge in [0.1, 0.15) is 0 Å². The molecule has 1 saturated heterocycles. The highest BCUT2D eigenvalue weighted by Gasteiger charge is 2.33. The van der Waals surface area contributed by atoms with Crippen LogP contribution in [0.4, 0.5) is 0 Å². The van der Waals surface area contributed by atoms with Gasteiger partial charge in [0.2, 0.25) is 0 Å². The third-order valence-corrected chi connectivity index (χ3v) is 7.11. The number of aromatic nitrogens is 1. The first-order valence-corrected chi connectivity index (χ1v) is 10.8. The number of rotatable bonds is 3. The summed E-state index contributed by atoms with van der Waals surface area (Å²) >= 11 is 0. The number of nitrogens with zero attached hydrogens (tertiary/aromatic N) is 2. The van der Waals surface area contributed by atoms with Gasteiger partial charge in [-0.05, 0) is 12.0 Å². The Balaban J connectivity index is 1.53. The molecule has 2 aromatic carbocycles. The van der Waals surface area contributed by atoms with Crippen molar-refractivity contribution in [3.05, 3.63) is 78.0 Å². The molecule has 1 aliphatic rings. The Hall–Kier alpha value is -2.93. The van der Waals surface area contributed by atoms with Gasteiger partial charge in [-0.2, -0.15) is 0 Å². The van der Waals surface area contributed by atoms with E-state index < -0.39 is 15.1 Å². The Kier molecular flexibility index (Phi) is 5.00. The summed E-state index contributed by atoms with van der Waals surface area (Å²) < 4.78 is 30.8. The van der Waals surface area contributed by atoms with Crippen molar-refractivity contribution < 1.29 is 17.7 Å². The highest BCUT2D eigenvalue weighted by Crippen LogP contribution is 2.30. The fourth-order valence-electron chi connectivity index (χ4n) is 3.47. The second-order valence-corrected chi connectivity index (χ2v) is 9.09. The molecule has 4 rings (SSSR count). The van der Waals surface area contributed by atoms with Crippen molar-refractivity contribution in [2.24, 2.45) is 0 Å². The average molecular weight is 396 g/mol. The van der Waals surface area contributed by atoms with Crippen LogP contribution in [0.5, 0.6) is 0 Å². The number of hydrogen-bond acceptors (Lipinski definition) is 5. The molecule has 2 heterocycles. The zero-order valence-electron chi connectivity index (χ0n) is 15.2. The van der Waals surface area contributed by atoms with Crippen molar-refractivity contribution >= 4 is 15.7 Å². The lowest BCUT2D eigenvalue weighted by molar-refractivity contribution is 0.0756. The second kappa shape index (κ2) is 7.59. The molecule has 3 aromatic rings. The van der Waals surface area contributed by atoms with Crippen LogP contribution in [-0.4, -0.2) is 43.2 Å². The van der Waals surface area contributed by atoms with Crippen molar-refractivity contribution in [1.29, 1.82) is 0 Å². The highest BCUT2D eigenvalue weighted by atomic mass is 32.2. The predicted octanol–water partition coefficient (Wildman–Crippen LogP) is 3.34. The lowest BCUT2D eigenvalue weighted by Gasteiger charge is -2.18. The molecule has 0 aliphatic carbocycles. The Labute approximate surface area is 163 Å². The van der Waals surface area contributed by atoms with E-state index in [1.165, 1.54) is 0 Å². The first-order valence-electron chi connectivity index (χ1n) is 9.12. The normalized spacial score (nSPS) is 19.1. The molecule has 0 N–H and O–H groups in total. The molecule has 1 fully saturated rings. The minimum absolute atomic E-state index is 0.0678. The smallest absolute Gasteiger partial charge is 0.276 e. The molecule has 28 heavy (non-hydrogen) atoms. The van der Waals surface area contributed by atoms with Crippen LogP contribution >= 0.6 is 0 Å². The topological polar surface area (TPSA) is 80.5 Å². The van der Waals surface area contributed by atoms with Crippen LogP contribution in [0, 0.1) is 0 Å². The monoisotopic (exact) mass is 396 g/mol. The van der Waals surface area contributed by atoms with Crippen LogP contribution in [0.15, 0.2) is 71.3 Å². The number of benzene rings is 2. The summed E-state index contributed by atoms with van der Waals surface area (Å²) in [5, 5.41) is 3.30. The van der Waals surface area contributed by atoms with Crippen LogP contribution in [-0.2, 0) is 9.84 Å². The zero-order valence-corrected chi connectivity index (χ0v) is 16.0. The molecule has 1 aliphatic heterocycles. The van der Waals surface area contributed by atoms with Crippen LogP contribution < -0.4 is 0 Å². The summed E-state index contributed by atoms with van der Waals surface area (Å²) in [5.41, 5.74) is 1.79. The van der Waals surface area contributed by atoms with Crippen molar-refractivity contribution in [3.63, 3.8) is 0 Å². The molecule has 7 heteroatoms. The molecule has 0 spiro atoms. The molecular weight excluding hydrogens is 376 g/mol. The first kappa shape index (κ1) is 18.4. The van der Waals surface area contributed by atoms with Gasteiger partial charge in [0.05, 0.1) is 11.0 Å². The third kappa shape index (κ3) is 3.71. The summed E-state index contributed by atoms with van der Waals surface area (Å²) in [5.74, 6) is 0.130. The third-order valence-electron chi connectivity index (χ3n) is 4.99. The van der Waals surface area contributed by atoms with Gasteiger partial charge < -0.3 is 9.42 Å². The van der Waals surface area contributed by atoms with E-state index in [9.17, 15) is 13.2 Å². The fourth-order valence-corrected chi connectivity index (χ4v) is 5.26. The number of hydrogen-bond donors (Lipinski definition) is 0. The Morgan fingerprint density at radius 3 is 2.39 bits per heavy atom. The lowest BCUT2D eigenvalue weighted by atomic mass is 10.1. The van der Waals surface area contributed by atoms with E-state index in [2.05, 4.69) is 5.16 Å². The average Bonchev–Trinajstić information content (AvgIpc) is 3.15. The summed E-state index contributed by atoms with van der Waals surface area (Å²) in [4.78, 5) is 14.4. The number of sulfone groups is 1. The van der Waals surface area contributed by atoms with E-state index in [1.54, 1.807) is 11.0 Å². The largest absolute Gasteiger partial charge is 0.355 e. The second-order valence-electron chi connectivity index (χ2n) is 6.79. The van der Waals surface area contributed by atoms with Gasteiger partial charge in [0.25, 0.3) is 5.91 Å². The van der Waals surface area contributed by atoms with E-state index in [4.69, 9.17) is 4.52 Å². The summed E-state index contributed by atoms with van der Waals surface area (Å²) in [6.45, 7) is 0.503. The van der Waals surface area contributed by atoms with Gasteiger partial charge in [-0.15, -0.1) is 0 Å². The minimum atomic E-state index is -3.34. The van der Waals surface area contributed by atoms with E-state index >= 15 is 0 Å². The zero-order chi connectivity index (χ0) is 19.6. The van der Waals surface area contributed by atoms with E-state index in [1.807, 2.05) is 60.7 Å². The summed E-state index contributed by atoms with van der Waals surface area (Å²) in [7, 11) is -3.34. The lowest BCUT2D eigenvalue weighted by Crippen LogP contribution is -2.33. The molecule has 1 amide bonds. The van der Waals surface area contributed by atoms with Crippen LogP contribution in [0.1, 0.15) is 27.7 Å². The standard InChI is InChI=1S/C21H20N2O4S/c24-21(18-15-19(27-22-18)16-7-3-1-4-8-16)23-12-11-20(28(25,26)14-13-23)17-9-5-2-6-10-17/h1-10,15,20H,11-14H2. The number of carbonyl (C=O) groups excluding carboxylic acids is 1. The van der Waals surface area contributed by atoms with Gasteiger partial charge in [-0.3, -0.25) is 4.79 Å². The van der Waals surface area contributed by atoms with Crippen molar-refractivity contribution in [2.75, 3.05) is 18.8 Å². The molecule has 1 unspecified atom stereocenters. The quantitative estimate of drug-likeness (QED) is 0.678. The Morgan fingerprint density at radius 2 is 1.68 bits per heavy atom. The number of amides is 1. The first-order chi connectivity index (χ1) is 13.5. The SMILES string of the molecule is O=C(c1cc(-c2ccccc2)on1)N1CCC(c2ccccc2)S(=O)(=O)CC1. The summed E-state index contributed by atoms with van der Waals surface area (Å²) in [6.07, 6.45) is 0.363. The van der Waals surface area contributed by atoms with Crippen LogP contribution in [0.2, 0.25) is 0 Å². The maximum absolute atomic E-state index is 12.9. The van der Waals surface area contributed by atoms with Gasteiger partial charge in [0.15, 0.2) is 21.3 Å². The molecule has 1 aromatic heterocycles. The van der Waals surface area contributed by atoms with Crippen molar-refractivity contribution in [3.8, 4) is 11.3 Å².